The third-order valence-corrected chi connectivity index (χ3v) is 6.00. The summed E-state index contributed by atoms with van der Waals surface area (Å²) >= 11 is 0. The van der Waals surface area contributed by atoms with Crippen LogP contribution >= 0.6 is 0 Å². The Morgan fingerprint density at radius 1 is 0.925 bits per heavy atom. The van der Waals surface area contributed by atoms with Crippen molar-refractivity contribution in [3.8, 4) is 0 Å². The van der Waals surface area contributed by atoms with Gasteiger partial charge in [0, 0.05) is 36.6 Å². The van der Waals surface area contributed by atoms with Crippen molar-refractivity contribution in [3.63, 3.8) is 0 Å². The predicted molar refractivity (Wildman–Crippen MR) is 155 cm³/mol. The number of guanidine groups is 1. The lowest BCUT2D eigenvalue weighted by Crippen LogP contribution is -2.34. The Labute approximate surface area is 233 Å². The third kappa shape index (κ3) is 7.73. The van der Waals surface area contributed by atoms with E-state index in [0.717, 1.165) is 11.1 Å². The van der Waals surface area contributed by atoms with Crippen molar-refractivity contribution in [2.45, 2.75) is 32.7 Å². The highest BCUT2D eigenvalue weighted by Crippen LogP contribution is 2.26. The summed E-state index contributed by atoms with van der Waals surface area (Å²) in [7, 11) is 3.34. The van der Waals surface area contributed by atoms with E-state index in [0.29, 0.717) is 22.5 Å². The summed E-state index contributed by atoms with van der Waals surface area (Å²) < 4.78 is 0. The summed E-state index contributed by atoms with van der Waals surface area (Å²) in [6.07, 6.45) is 0. The monoisotopic (exact) mass is 542 g/mol. The van der Waals surface area contributed by atoms with Crippen molar-refractivity contribution in [2.24, 2.45) is 16.2 Å². The van der Waals surface area contributed by atoms with E-state index in [1.807, 2.05) is 24.3 Å². The lowest BCUT2D eigenvalue weighted by Gasteiger charge is -2.25. The summed E-state index contributed by atoms with van der Waals surface area (Å²) in [6, 6.07) is 20.8. The van der Waals surface area contributed by atoms with E-state index in [4.69, 9.17) is 11.3 Å². The number of hydrogen-bond acceptors (Lipinski definition) is 5. The zero-order valence-electron chi connectivity index (χ0n) is 23.2. The molecule has 5 N–H and O–H groups in total. The molecule has 208 valence electrons. The van der Waals surface area contributed by atoms with Gasteiger partial charge in [-0.2, -0.15) is 0 Å². The molecule has 0 saturated carbocycles. The zero-order valence-corrected chi connectivity index (χ0v) is 23.2. The first kappa shape index (κ1) is 29.5. The molecule has 11 heteroatoms. The average Bonchev–Trinajstić information content (AvgIpc) is 2.91. The molecule has 0 heterocycles. The summed E-state index contributed by atoms with van der Waals surface area (Å²) in [5.41, 5.74) is 3.75. The van der Waals surface area contributed by atoms with Crippen LogP contribution < -0.4 is 21.4 Å². The van der Waals surface area contributed by atoms with Crippen molar-refractivity contribution in [2.75, 3.05) is 24.3 Å². The van der Waals surface area contributed by atoms with Crippen LogP contribution in [-0.2, 0) is 12.0 Å². The Kier molecular flexibility index (Phi) is 9.33. The molecule has 0 fully saturated rings. The Morgan fingerprint density at radius 3 is 2.15 bits per heavy atom. The predicted octanol–water partition coefficient (Wildman–Crippen LogP) is 4.92. The minimum Gasteiger partial charge on any atom is -0.345 e. The number of amides is 4. The van der Waals surface area contributed by atoms with E-state index < -0.39 is 11.9 Å². The van der Waals surface area contributed by atoms with Gasteiger partial charge in [0.15, 0.2) is 0 Å². The van der Waals surface area contributed by atoms with Crippen LogP contribution in [0.4, 0.5) is 16.2 Å². The van der Waals surface area contributed by atoms with Crippen LogP contribution in [0.25, 0.3) is 0 Å². The van der Waals surface area contributed by atoms with Crippen LogP contribution in [0, 0.1) is 5.41 Å². The molecule has 3 rings (SSSR count). The molecule has 0 aliphatic heterocycles. The maximum Gasteiger partial charge on any atom is 0.326 e. The maximum absolute atomic E-state index is 13.6. The summed E-state index contributed by atoms with van der Waals surface area (Å²) in [5.74, 6) is 3.72. The standard InChI is InChI=1S/C29H34N8O3/c1-29(2,3)22-13-15-24(16-14-22)37(28(40)32-23-8-6-7-21(17-23)26(39)36(4)5)18-19-9-11-20(12-10-19)25(38)33-27(30)34-35-31/h6-17H,18H2,1-5H3,(H,32,40)(H4,30,31,33,34,38). The number of nitrogens with two attached hydrogens (primary N) is 1. The number of anilines is 2. The molecule has 0 aliphatic carbocycles. The van der Waals surface area contributed by atoms with E-state index in [2.05, 4.69) is 41.7 Å². The Bertz CT molecular complexity index is 1410. The average molecular weight is 543 g/mol. The number of rotatable bonds is 6. The van der Waals surface area contributed by atoms with Crippen LogP contribution in [0.2, 0.25) is 0 Å². The van der Waals surface area contributed by atoms with E-state index >= 15 is 0 Å². The van der Waals surface area contributed by atoms with E-state index in [-0.39, 0.29) is 23.9 Å². The van der Waals surface area contributed by atoms with Gasteiger partial charge in [-0.3, -0.25) is 25.2 Å². The number of benzene rings is 3. The van der Waals surface area contributed by atoms with Gasteiger partial charge < -0.3 is 16.1 Å². The fourth-order valence-electron chi connectivity index (χ4n) is 3.81. The van der Waals surface area contributed by atoms with Crippen LogP contribution in [0.15, 0.2) is 83.1 Å². The maximum atomic E-state index is 13.6. The first-order valence-electron chi connectivity index (χ1n) is 12.5. The fourth-order valence-corrected chi connectivity index (χ4v) is 3.81. The van der Waals surface area contributed by atoms with E-state index in [1.165, 1.54) is 4.90 Å². The molecule has 40 heavy (non-hydrogen) atoms. The molecule has 0 saturated heterocycles. The van der Waals surface area contributed by atoms with E-state index in [9.17, 15) is 14.4 Å². The molecule has 4 amide bonds. The Balaban J connectivity index is 1.87. The molecule has 0 atom stereocenters. The molecule has 3 aromatic carbocycles. The van der Waals surface area contributed by atoms with Crippen LogP contribution in [0.3, 0.4) is 0 Å². The Morgan fingerprint density at radius 2 is 1.57 bits per heavy atom. The number of urea groups is 1. The lowest BCUT2D eigenvalue weighted by molar-refractivity contribution is 0.0827. The molecule has 11 nitrogen and oxygen atoms in total. The quantitative estimate of drug-likeness (QED) is 0.115. The van der Waals surface area contributed by atoms with Gasteiger partial charge in [0.2, 0.25) is 5.96 Å². The van der Waals surface area contributed by atoms with Gasteiger partial charge in [0.25, 0.3) is 11.8 Å². The fraction of sp³-hybridized carbons (Fsp3) is 0.241. The number of carbonyl (C=O) groups excluding carboxylic acids is 3. The van der Waals surface area contributed by atoms with Gasteiger partial charge in [0.1, 0.15) is 0 Å². The summed E-state index contributed by atoms with van der Waals surface area (Å²) in [6.45, 7) is 6.56. The van der Waals surface area contributed by atoms with Crippen molar-refractivity contribution in [3.05, 3.63) is 95.1 Å². The number of nitrogens with zero attached hydrogens (tertiary/aromatic N) is 4. The van der Waals surface area contributed by atoms with E-state index in [1.54, 1.807) is 67.5 Å². The second-order valence-corrected chi connectivity index (χ2v) is 10.3. The highest BCUT2D eigenvalue weighted by molar-refractivity contribution is 6.05. The molecule has 0 unspecified atom stereocenters. The second kappa shape index (κ2) is 12.7. The van der Waals surface area contributed by atoms with Crippen LogP contribution in [-0.4, -0.2) is 42.8 Å². The first-order chi connectivity index (χ1) is 18.9. The van der Waals surface area contributed by atoms with Gasteiger partial charge >= 0.3 is 6.03 Å². The number of nitrogens with one attached hydrogen (secondary N) is 3. The van der Waals surface area contributed by atoms with Gasteiger partial charge in [-0.15, -0.1) is 0 Å². The van der Waals surface area contributed by atoms with Crippen LogP contribution in [0.1, 0.15) is 52.6 Å². The molecule has 0 aliphatic rings. The molecule has 3 aromatic rings. The smallest absolute Gasteiger partial charge is 0.326 e. The van der Waals surface area contributed by atoms with Crippen molar-refractivity contribution < 1.29 is 14.4 Å². The largest absolute Gasteiger partial charge is 0.345 e. The molecule has 0 radical (unpaired) electrons. The van der Waals surface area contributed by atoms with Crippen LogP contribution in [0.5, 0.6) is 0 Å². The molecule has 0 spiro atoms. The first-order valence-corrected chi connectivity index (χ1v) is 12.5. The summed E-state index contributed by atoms with van der Waals surface area (Å²) in [4.78, 5) is 41.4. The molecule has 0 bridgehead atoms. The third-order valence-electron chi connectivity index (χ3n) is 6.00. The number of hydrogen-bond donors (Lipinski definition) is 4. The van der Waals surface area contributed by atoms with Gasteiger partial charge in [-0.1, -0.05) is 61.4 Å². The van der Waals surface area contributed by atoms with Crippen molar-refractivity contribution in [1.29, 1.82) is 5.41 Å². The minimum absolute atomic E-state index is 0.0523. The highest BCUT2D eigenvalue weighted by atomic mass is 16.2. The lowest BCUT2D eigenvalue weighted by atomic mass is 9.87. The van der Waals surface area contributed by atoms with Gasteiger partial charge in [-0.05, 0) is 59.0 Å². The SMILES string of the molecule is CN(C)C(=O)c1cccc(NC(=O)N(Cc2ccc(C(=O)NC(=N)/N=N\N)cc2)c2ccc(C(C)(C)C)cc2)c1. The zero-order chi connectivity index (χ0) is 29.4. The Hall–Kier alpha value is -5.06. The highest BCUT2D eigenvalue weighted by Gasteiger charge is 2.20. The number of carbonyl (C=O) groups is 3. The van der Waals surface area contributed by atoms with Crippen molar-refractivity contribution >= 4 is 35.2 Å². The molecular formula is C29H34N8O3. The van der Waals surface area contributed by atoms with Gasteiger partial charge in [0.05, 0.1) is 6.54 Å². The molecular weight excluding hydrogens is 508 g/mol. The summed E-state index contributed by atoms with van der Waals surface area (Å²) in [5, 5.41) is 18.9. The normalized spacial score (nSPS) is 11.1. The second-order valence-electron chi connectivity index (χ2n) is 10.3. The topological polar surface area (TPSA) is 156 Å². The molecule has 0 aromatic heterocycles. The van der Waals surface area contributed by atoms with Gasteiger partial charge in [-0.25, -0.2) is 4.79 Å². The van der Waals surface area contributed by atoms with Crippen molar-refractivity contribution in [1.82, 2.24) is 10.2 Å². The minimum atomic E-state index is -0.538.